The highest BCUT2D eigenvalue weighted by molar-refractivity contribution is 5.75. The molecule has 2 atom stereocenters. The van der Waals surface area contributed by atoms with Crippen molar-refractivity contribution in [3.63, 3.8) is 0 Å². The van der Waals surface area contributed by atoms with E-state index in [4.69, 9.17) is 30.4 Å². The van der Waals surface area contributed by atoms with E-state index in [9.17, 15) is 4.79 Å². The van der Waals surface area contributed by atoms with Crippen LogP contribution in [0.4, 0.5) is 0 Å². The van der Waals surface area contributed by atoms with E-state index in [-0.39, 0.29) is 6.04 Å². The molecule has 0 fully saturated rings. The van der Waals surface area contributed by atoms with Gasteiger partial charge in [-0.3, -0.25) is 4.79 Å². The molecular formula is C16H34N2O5. The third kappa shape index (κ3) is 15.9. The third-order valence-corrected chi connectivity index (χ3v) is 2.74. The van der Waals surface area contributed by atoms with Crippen LogP contribution in [0.15, 0.2) is 0 Å². The molecule has 0 aliphatic rings. The summed E-state index contributed by atoms with van der Waals surface area (Å²) in [5.41, 5.74) is 10.8. The summed E-state index contributed by atoms with van der Waals surface area (Å²) in [7, 11) is 0. The first kappa shape index (κ1) is 22.3. The number of carbonyl (C=O) groups excluding carboxylic acids is 1. The van der Waals surface area contributed by atoms with Gasteiger partial charge in [-0.1, -0.05) is 0 Å². The Morgan fingerprint density at radius 3 is 1.74 bits per heavy atom. The maximum Gasteiger partial charge on any atom is 0.323 e. The number of hydrogen-bond donors (Lipinski definition) is 2. The molecule has 7 nitrogen and oxygen atoms in total. The highest BCUT2D eigenvalue weighted by atomic mass is 16.6. The van der Waals surface area contributed by atoms with Gasteiger partial charge in [0.25, 0.3) is 0 Å². The summed E-state index contributed by atoms with van der Waals surface area (Å²) in [5, 5.41) is 0. The van der Waals surface area contributed by atoms with Gasteiger partial charge in [-0.25, -0.2) is 0 Å². The van der Waals surface area contributed by atoms with Crippen LogP contribution in [-0.4, -0.2) is 63.3 Å². The van der Waals surface area contributed by atoms with E-state index in [1.54, 1.807) is 0 Å². The molecule has 0 aromatic carbocycles. The van der Waals surface area contributed by atoms with Crippen molar-refractivity contribution in [1.82, 2.24) is 0 Å². The summed E-state index contributed by atoms with van der Waals surface area (Å²) in [5.74, 6) is -0.402. The van der Waals surface area contributed by atoms with Gasteiger partial charge in [-0.2, -0.15) is 0 Å². The minimum atomic E-state index is -0.659. The molecular weight excluding hydrogens is 300 g/mol. The van der Waals surface area contributed by atoms with Crippen LogP contribution in [0.2, 0.25) is 0 Å². The summed E-state index contributed by atoms with van der Waals surface area (Å²) >= 11 is 0. The summed E-state index contributed by atoms with van der Waals surface area (Å²) < 4.78 is 21.3. The molecule has 0 heterocycles. The maximum absolute atomic E-state index is 11.6. The van der Waals surface area contributed by atoms with Gasteiger partial charge in [0.1, 0.15) is 11.6 Å². The van der Waals surface area contributed by atoms with Gasteiger partial charge < -0.3 is 30.4 Å². The van der Waals surface area contributed by atoms with Gasteiger partial charge in [-0.15, -0.1) is 0 Å². The predicted molar refractivity (Wildman–Crippen MR) is 89.2 cm³/mol. The van der Waals surface area contributed by atoms with Crippen molar-refractivity contribution >= 4 is 5.97 Å². The largest absolute Gasteiger partial charge is 0.459 e. The Kier molecular flexibility index (Phi) is 12.3. The van der Waals surface area contributed by atoms with Crippen LogP contribution in [0.3, 0.4) is 0 Å². The zero-order chi connectivity index (χ0) is 17.7. The van der Waals surface area contributed by atoms with E-state index in [0.717, 1.165) is 6.42 Å². The lowest BCUT2D eigenvalue weighted by molar-refractivity contribution is -0.157. The smallest absolute Gasteiger partial charge is 0.323 e. The average molecular weight is 334 g/mol. The first-order valence-electron chi connectivity index (χ1n) is 8.19. The number of esters is 1. The molecule has 0 radical (unpaired) electrons. The minimum Gasteiger partial charge on any atom is -0.459 e. The molecule has 0 saturated heterocycles. The highest BCUT2D eigenvalue weighted by Gasteiger charge is 2.21. The monoisotopic (exact) mass is 334 g/mol. The van der Waals surface area contributed by atoms with E-state index in [0.29, 0.717) is 46.1 Å². The zero-order valence-corrected chi connectivity index (χ0v) is 15.0. The number of rotatable bonds is 13. The fraction of sp³-hybridized carbons (Fsp3) is 0.938. The van der Waals surface area contributed by atoms with Crippen molar-refractivity contribution in [2.24, 2.45) is 11.5 Å². The molecule has 2 unspecified atom stereocenters. The van der Waals surface area contributed by atoms with Crippen molar-refractivity contribution < 1.29 is 23.7 Å². The molecule has 0 aliphatic carbocycles. The second kappa shape index (κ2) is 12.7. The first-order chi connectivity index (χ1) is 10.7. The summed E-state index contributed by atoms with van der Waals surface area (Å²) in [4.78, 5) is 11.6. The van der Waals surface area contributed by atoms with Crippen LogP contribution in [0.1, 0.15) is 40.5 Å². The van der Waals surface area contributed by atoms with Gasteiger partial charge >= 0.3 is 5.97 Å². The average Bonchev–Trinajstić information content (AvgIpc) is 2.42. The normalized spacial score (nSPS) is 14.5. The highest BCUT2D eigenvalue weighted by Crippen LogP contribution is 2.08. The molecule has 0 bridgehead atoms. The van der Waals surface area contributed by atoms with E-state index in [2.05, 4.69) is 0 Å². The lowest BCUT2D eigenvalue weighted by Crippen LogP contribution is -2.38. The quantitative estimate of drug-likeness (QED) is 0.379. The summed E-state index contributed by atoms with van der Waals surface area (Å²) in [6.45, 7) is 10.5. The maximum atomic E-state index is 11.6. The second-order valence-corrected chi connectivity index (χ2v) is 6.53. The molecule has 4 N–H and O–H groups in total. The first-order valence-corrected chi connectivity index (χ1v) is 8.19. The lowest BCUT2D eigenvalue weighted by Gasteiger charge is -2.22. The number of ether oxygens (including phenoxy) is 4. The van der Waals surface area contributed by atoms with Crippen molar-refractivity contribution in [1.29, 1.82) is 0 Å². The van der Waals surface area contributed by atoms with E-state index >= 15 is 0 Å². The van der Waals surface area contributed by atoms with Gasteiger partial charge in [-0.05, 0) is 40.5 Å². The molecule has 0 amide bonds. The second-order valence-electron chi connectivity index (χ2n) is 6.53. The molecule has 7 heteroatoms. The fourth-order valence-electron chi connectivity index (χ4n) is 1.52. The zero-order valence-electron chi connectivity index (χ0n) is 15.0. The molecule has 0 aliphatic heterocycles. The van der Waals surface area contributed by atoms with Crippen molar-refractivity contribution in [2.75, 3.05) is 39.6 Å². The van der Waals surface area contributed by atoms with Crippen molar-refractivity contribution in [3.8, 4) is 0 Å². The Hall–Kier alpha value is -0.730. The Morgan fingerprint density at radius 2 is 1.30 bits per heavy atom. The van der Waals surface area contributed by atoms with Gasteiger partial charge in [0.15, 0.2) is 0 Å². The van der Waals surface area contributed by atoms with E-state index in [1.165, 1.54) is 0 Å². The Morgan fingerprint density at radius 1 is 0.870 bits per heavy atom. The van der Waals surface area contributed by atoms with Crippen molar-refractivity contribution in [2.45, 2.75) is 58.2 Å². The lowest BCUT2D eigenvalue weighted by atomic mass is 10.2. The van der Waals surface area contributed by atoms with Crippen molar-refractivity contribution in [3.05, 3.63) is 0 Å². The van der Waals surface area contributed by atoms with Crippen LogP contribution in [0.5, 0.6) is 0 Å². The number of carbonyl (C=O) groups is 1. The summed E-state index contributed by atoms with van der Waals surface area (Å²) in [6, 6.07) is -0.496. The number of nitrogens with two attached hydrogens (primary N) is 2. The molecule has 0 aromatic rings. The molecule has 0 spiro atoms. The molecule has 0 saturated carbocycles. The molecule has 23 heavy (non-hydrogen) atoms. The number of hydrogen-bond acceptors (Lipinski definition) is 7. The van der Waals surface area contributed by atoms with Crippen LogP contribution in [0, 0.1) is 0 Å². The molecule has 0 aromatic heterocycles. The van der Waals surface area contributed by atoms with Crippen LogP contribution in [0.25, 0.3) is 0 Å². The van der Waals surface area contributed by atoms with Gasteiger partial charge in [0.2, 0.25) is 0 Å². The minimum absolute atomic E-state index is 0.163. The van der Waals surface area contributed by atoms with E-state index < -0.39 is 17.6 Å². The van der Waals surface area contributed by atoms with Gasteiger partial charge in [0, 0.05) is 19.3 Å². The predicted octanol–water partition coefficient (Wildman–Crippen LogP) is 0.833. The van der Waals surface area contributed by atoms with Gasteiger partial charge in [0.05, 0.1) is 26.4 Å². The molecule has 138 valence electrons. The van der Waals surface area contributed by atoms with E-state index in [1.807, 2.05) is 27.7 Å². The summed E-state index contributed by atoms with van der Waals surface area (Å²) in [6.07, 6.45) is 1.27. The third-order valence-electron chi connectivity index (χ3n) is 2.74. The van der Waals surface area contributed by atoms with Crippen LogP contribution >= 0.6 is 0 Å². The standard InChI is InChI=1S/C16H34N2O5/c1-13(17)5-7-20-9-11-22-12-10-21-8-6-14(18)15(19)23-16(2,3)4/h13-14H,5-12,17-18H2,1-4H3. The van der Waals surface area contributed by atoms with Crippen LogP contribution in [-0.2, 0) is 23.7 Å². The SMILES string of the molecule is CC(N)CCOCCOCCOCCC(N)C(=O)OC(C)(C)C. The Bertz CT molecular complexity index is 305. The Labute approximate surface area is 140 Å². The van der Waals surface area contributed by atoms with Crippen LogP contribution < -0.4 is 11.5 Å². The Balaban J connectivity index is 3.37. The fourth-order valence-corrected chi connectivity index (χ4v) is 1.52. The molecule has 0 rings (SSSR count). The topological polar surface area (TPSA) is 106 Å².